The van der Waals surface area contributed by atoms with Crippen molar-refractivity contribution in [1.82, 2.24) is 10.2 Å². The SMILES string of the molecule is O=C1Cc2ccccc2C(c2ccccc2)=N[C@@H]1Nc1nnc(-c2cccc(N3CCOCC3)c2)o1. The smallest absolute Gasteiger partial charge is 0.317 e. The number of aliphatic imine (C=N–C) groups is 1. The van der Waals surface area contributed by atoms with E-state index in [1.807, 2.05) is 72.8 Å². The fourth-order valence-corrected chi connectivity index (χ4v) is 4.57. The lowest BCUT2D eigenvalue weighted by molar-refractivity contribution is -0.119. The minimum Gasteiger partial charge on any atom is -0.403 e. The third-order valence-corrected chi connectivity index (χ3v) is 6.40. The van der Waals surface area contributed by atoms with E-state index in [1.165, 1.54) is 0 Å². The summed E-state index contributed by atoms with van der Waals surface area (Å²) in [4.78, 5) is 20.3. The molecule has 4 aromatic rings. The van der Waals surface area contributed by atoms with E-state index in [9.17, 15) is 4.79 Å². The topological polar surface area (TPSA) is 92.9 Å². The molecular weight excluding hydrogens is 454 g/mol. The second kappa shape index (κ2) is 9.75. The molecule has 180 valence electrons. The van der Waals surface area contributed by atoms with E-state index in [4.69, 9.17) is 14.1 Å². The van der Waals surface area contributed by atoms with E-state index >= 15 is 0 Å². The molecule has 0 radical (unpaired) electrons. The summed E-state index contributed by atoms with van der Waals surface area (Å²) in [7, 11) is 0. The zero-order chi connectivity index (χ0) is 24.3. The zero-order valence-electron chi connectivity index (χ0n) is 19.6. The van der Waals surface area contributed by atoms with E-state index < -0.39 is 6.17 Å². The highest BCUT2D eigenvalue weighted by Crippen LogP contribution is 2.27. The molecule has 0 unspecified atom stereocenters. The quantitative estimate of drug-likeness (QED) is 0.463. The Hall–Kier alpha value is -4.30. The molecule has 3 heterocycles. The number of morpholine rings is 1. The Kier molecular flexibility index (Phi) is 6.01. The average Bonchev–Trinajstić information content (AvgIpc) is 3.36. The summed E-state index contributed by atoms with van der Waals surface area (Å²) in [5.41, 5.74) is 5.49. The zero-order valence-corrected chi connectivity index (χ0v) is 19.6. The highest BCUT2D eigenvalue weighted by molar-refractivity contribution is 6.16. The van der Waals surface area contributed by atoms with Crippen molar-refractivity contribution >= 4 is 23.2 Å². The van der Waals surface area contributed by atoms with Gasteiger partial charge in [-0.3, -0.25) is 9.79 Å². The van der Waals surface area contributed by atoms with Crippen molar-refractivity contribution in [3.05, 3.63) is 95.6 Å². The maximum atomic E-state index is 13.2. The number of hydrogen-bond donors (Lipinski definition) is 1. The highest BCUT2D eigenvalue weighted by Gasteiger charge is 2.27. The summed E-state index contributed by atoms with van der Waals surface area (Å²) in [5, 5.41) is 11.4. The van der Waals surface area contributed by atoms with Crippen LogP contribution in [0.15, 0.2) is 88.3 Å². The molecule has 2 aliphatic heterocycles. The van der Waals surface area contributed by atoms with Crippen LogP contribution in [0.25, 0.3) is 11.5 Å². The van der Waals surface area contributed by atoms with Crippen molar-refractivity contribution in [2.45, 2.75) is 12.6 Å². The normalized spacial score (nSPS) is 17.8. The van der Waals surface area contributed by atoms with Gasteiger partial charge in [-0.15, -0.1) is 5.10 Å². The van der Waals surface area contributed by atoms with Gasteiger partial charge in [0.1, 0.15) is 0 Å². The number of hydrogen-bond acceptors (Lipinski definition) is 8. The lowest BCUT2D eigenvalue weighted by Crippen LogP contribution is -2.36. The molecule has 1 saturated heterocycles. The van der Waals surface area contributed by atoms with Gasteiger partial charge in [-0.05, 0) is 23.8 Å². The monoisotopic (exact) mass is 479 g/mol. The minimum absolute atomic E-state index is 0.0672. The summed E-state index contributed by atoms with van der Waals surface area (Å²) in [6, 6.07) is 25.9. The predicted octanol–water partition coefficient (Wildman–Crippen LogP) is 3.97. The number of ketones is 1. The molecule has 0 amide bonds. The molecule has 8 heteroatoms. The number of rotatable bonds is 5. The van der Waals surface area contributed by atoms with Gasteiger partial charge in [0.2, 0.25) is 5.89 Å². The Labute approximate surface area is 208 Å². The van der Waals surface area contributed by atoms with Gasteiger partial charge in [0, 0.05) is 41.9 Å². The molecule has 1 aromatic heterocycles. The van der Waals surface area contributed by atoms with Crippen molar-refractivity contribution in [2.24, 2.45) is 4.99 Å². The van der Waals surface area contributed by atoms with E-state index in [1.54, 1.807) is 0 Å². The molecular formula is C28H25N5O3. The van der Waals surface area contributed by atoms with Gasteiger partial charge in [0.15, 0.2) is 11.9 Å². The van der Waals surface area contributed by atoms with Crippen LogP contribution in [0.1, 0.15) is 16.7 Å². The van der Waals surface area contributed by atoms with Crippen LogP contribution in [0, 0.1) is 0 Å². The Balaban J connectivity index is 1.28. The molecule has 0 saturated carbocycles. The molecule has 1 fully saturated rings. The summed E-state index contributed by atoms with van der Waals surface area (Å²) >= 11 is 0. The molecule has 36 heavy (non-hydrogen) atoms. The Morgan fingerprint density at radius 2 is 1.64 bits per heavy atom. The number of Topliss-reactive ketones (excluding diaryl/α,β-unsaturated/α-hetero) is 1. The average molecular weight is 480 g/mol. The number of nitrogens with zero attached hydrogens (tertiary/aromatic N) is 4. The number of carbonyl (C=O) groups excluding carboxylic acids is 1. The number of nitrogens with one attached hydrogen (secondary N) is 1. The van der Waals surface area contributed by atoms with E-state index in [-0.39, 0.29) is 18.2 Å². The molecule has 0 spiro atoms. The van der Waals surface area contributed by atoms with Crippen molar-refractivity contribution in [3.63, 3.8) is 0 Å². The van der Waals surface area contributed by atoms with Crippen molar-refractivity contribution < 1.29 is 13.9 Å². The van der Waals surface area contributed by atoms with Crippen LogP contribution < -0.4 is 10.2 Å². The van der Waals surface area contributed by atoms with Gasteiger partial charge in [0.05, 0.1) is 18.9 Å². The number of benzene rings is 3. The first-order valence-electron chi connectivity index (χ1n) is 12.0. The molecule has 2 aliphatic rings. The van der Waals surface area contributed by atoms with Crippen LogP contribution in [0.5, 0.6) is 0 Å². The lowest BCUT2D eigenvalue weighted by Gasteiger charge is -2.29. The second-order valence-corrected chi connectivity index (χ2v) is 8.75. The van der Waals surface area contributed by atoms with Gasteiger partial charge in [-0.25, -0.2) is 0 Å². The second-order valence-electron chi connectivity index (χ2n) is 8.75. The van der Waals surface area contributed by atoms with Crippen LogP contribution in [0.4, 0.5) is 11.7 Å². The lowest BCUT2D eigenvalue weighted by atomic mass is 9.96. The van der Waals surface area contributed by atoms with Gasteiger partial charge in [-0.1, -0.05) is 65.8 Å². The highest BCUT2D eigenvalue weighted by atomic mass is 16.5. The van der Waals surface area contributed by atoms with E-state index in [2.05, 4.69) is 26.5 Å². The minimum atomic E-state index is -0.847. The molecule has 8 nitrogen and oxygen atoms in total. The Morgan fingerprint density at radius 1 is 0.861 bits per heavy atom. The Morgan fingerprint density at radius 3 is 2.50 bits per heavy atom. The first-order valence-corrected chi connectivity index (χ1v) is 12.0. The number of carbonyl (C=O) groups is 1. The van der Waals surface area contributed by atoms with Crippen LogP contribution >= 0.6 is 0 Å². The van der Waals surface area contributed by atoms with Gasteiger partial charge in [-0.2, -0.15) is 0 Å². The van der Waals surface area contributed by atoms with Crippen LogP contribution in [0.2, 0.25) is 0 Å². The van der Waals surface area contributed by atoms with Crippen molar-refractivity contribution in [2.75, 3.05) is 36.5 Å². The molecule has 0 bridgehead atoms. The fraction of sp³-hybridized carbons (Fsp3) is 0.214. The largest absolute Gasteiger partial charge is 0.403 e. The van der Waals surface area contributed by atoms with Crippen molar-refractivity contribution in [3.8, 4) is 11.5 Å². The summed E-state index contributed by atoms with van der Waals surface area (Å²) in [6.07, 6.45) is -0.586. The molecule has 1 N–H and O–H groups in total. The standard InChI is InChI=1S/C28H25N5O3/c34-24-18-20-9-4-5-12-23(20)25(19-7-2-1-3-8-19)29-26(24)30-28-32-31-27(36-28)21-10-6-11-22(17-21)33-13-15-35-16-14-33/h1-12,17,26H,13-16,18H2,(H,30,32)/t26-/m1/s1. The maximum Gasteiger partial charge on any atom is 0.317 e. The predicted molar refractivity (Wildman–Crippen MR) is 137 cm³/mol. The molecule has 0 aliphatic carbocycles. The van der Waals surface area contributed by atoms with Gasteiger partial charge >= 0.3 is 6.01 Å². The Bertz CT molecular complexity index is 1410. The molecule has 1 atom stereocenters. The van der Waals surface area contributed by atoms with Gasteiger partial charge in [0.25, 0.3) is 0 Å². The number of aromatic nitrogens is 2. The first-order chi connectivity index (χ1) is 17.7. The first kappa shape index (κ1) is 22.2. The number of ether oxygens (including phenoxy) is 1. The van der Waals surface area contributed by atoms with Gasteiger partial charge < -0.3 is 19.4 Å². The molecule has 3 aromatic carbocycles. The van der Waals surface area contributed by atoms with Crippen LogP contribution in [-0.2, 0) is 16.0 Å². The summed E-state index contributed by atoms with van der Waals surface area (Å²) in [5.74, 6) is 0.312. The van der Waals surface area contributed by atoms with E-state index in [0.717, 1.165) is 46.7 Å². The fourth-order valence-electron chi connectivity index (χ4n) is 4.57. The maximum absolute atomic E-state index is 13.2. The van der Waals surface area contributed by atoms with Crippen LogP contribution in [-0.4, -0.2) is 54.2 Å². The number of fused-ring (bicyclic) bond motifs is 1. The van der Waals surface area contributed by atoms with Crippen LogP contribution in [0.3, 0.4) is 0 Å². The summed E-state index contributed by atoms with van der Waals surface area (Å²) < 4.78 is 11.4. The van der Waals surface area contributed by atoms with Crippen molar-refractivity contribution in [1.29, 1.82) is 0 Å². The summed E-state index contributed by atoms with van der Waals surface area (Å²) in [6.45, 7) is 3.11. The third-order valence-electron chi connectivity index (χ3n) is 6.40. The van der Waals surface area contributed by atoms with E-state index in [0.29, 0.717) is 19.1 Å². The third kappa shape index (κ3) is 4.50. The molecule has 6 rings (SSSR count). The number of anilines is 2.